The number of amides is 1. The molecule has 27 heavy (non-hydrogen) atoms. The van der Waals surface area contributed by atoms with E-state index in [9.17, 15) is 4.79 Å². The molecule has 0 saturated carbocycles. The Bertz CT molecular complexity index is 956. The molecule has 6 nitrogen and oxygen atoms in total. The number of nitrogens with one attached hydrogen (secondary N) is 1. The lowest BCUT2D eigenvalue weighted by atomic mass is 10.2. The normalized spacial score (nSPS) is 14.9. The maximum Gasteiger partial charge on any atom is 0.287 e. The molecule has 1 aliphatic rings. The SMILES string of the molecule is CCCN1CCCn2nc(CNC(=O)c3cc4cccc(C)c4o3)cc2C1. The van der Waals surface area contributed by atoms with E-state index in [0.29, 0.717) is 12.3 Å². The molecule has 3 aromatic rings. The van der Waals surface area contributed by atoms with Gasteiger partial charge in [-0.15, -0.1) is 0 Å². The molecular formula is C21H26N4O2. The summed E-state index contributed by atoms with van der Waals surface area (Å²) in [6.07, 6.45) is 2.27. The van der Waals surface area contributed by atoms with Crippen molar-refractivity contribution in [1.82, 2.24) is 20.0 Å². The number of nitrogens with zero attached hydrogens (tertiary/aromatic N) is 3. The zero-order valence-corrected chi connectivity index (χ0v) is 16.0. The number of carbonyl (C=O) groups excluding carboxylic acids is 1. The molecule has 1 amide bonds. The Morgan fingerprint density at radius 1 is 1.30 bits per heavy atom. The number of para-hydroxylation sites is 1. The van der Waals surface area contributed by atoms with Gasteiger partial charge >= 0.3 is 0 Å². The highest BCUT2D eigenvalue weighted by molar-refractivity contribution is 5.96. The molecule has 0 bridgehead atoms. The van der Waals surface area contributed by atoms with Gasteiger partial charge in [-0.1, -0.05) is 25.1 Å². The number of benzene rings is 1. The third-order valence-electron chi connectivity index (χ3n) is 5.08. The van der Waals surface area contributed by atoms with E-state index >= 15 is 0 Å². The molecule has 3 heterocycles. The van der Waals surface area contributed by atoms with Gasteiger partial charge < -0.3 is 9.73 Å². The van der Waals surface area contributed by atoms with Crippen molar-refractivity contribution in [2.45, 2.75) is 46.3 Å². The zero-order valence-electron chi connectivity index (χ0n) is 16.0. The van der Waals surface area contributed by atoms with Crippen molar-refractivity contribution >= 4 is 16.9 Å². The Balaban J connectivity index is 1.43. The minimum atomic E-state index is -0.207. The molecule has 0 atom stereocenters. The van der Waals surface area contributed by atoms with Gasteiger partial charge in [-0.3, -0.25) is 14.4 Å². The molecule has 2 aromatic heterocycles. The minimum Gasteiger partial charge on any atom is -0.451 e. The lowest BCUT2D eigenvalue weighted by Crippen LogP contribution is -2.24. The number of furan rings is 1. The smallest absolute Gasteiger partial charge is 0.287 e. The van der Waals surface area contributed by atoms with Gasteiger partial charge in [0.2, 0.25) is 0 Å². The summed E-state index contributed by atoms with van der Waals surface area (Å²) in [5, 5.41) is 8.56. The van der Waals surface area contributed by atoms with Crippen LogP contribution in [0.4, 0.5) is 0 Å². The van der Waals surface area contributed by atoms with Crippen molar-refractivity contribution < 1.29 is 9.21 Å². The van der Waals surface area contributed by atoms with E-state index in [-0.39, 0.29) is 5.91 Å². The monoisotopic (exact) mass is 366 g/mol. The first-order chi connectivity index (χ1) is 13.1. The number of hydrogen-bond donors (Lipinski definition) is 1. The molecule has 0 aliphatic carbocycles. The second-order valence-corrected chi connectivity index (χ2v) is 7.27. The number of aromatic nitrogens is 2. The van der Waals surface area contributed by atoms with Gasteiger partial charge in [0.25, 0.3) is 5.91 Å². The van der Waals surface area contributed by atoms with Crippen LogP contribution in [0.5, 0.6) is 0 Å². The van der Waals surface area contributed by atoms with E-state index in [1.165, 1.54) is 5.69 Å². The maximum atomic E-state index is 12.5. The quantitative estimate of drug-likeness (QED) is 0.751. The third kappa shape index (κ3) is 3.76. The lowest BCUT2D eigenvalue weighted by molar-refractivity contribution is 0.0924. The molecule has 0 unspecified atom stereocenters. The lowest BCUT2D eigenvalue weighted by Gasteiger charge is -2.17. The van der Waals surface area contributed by atoms with Crippen LogP contribution < -0.4 is 5.32 Å². The standard InChI is InChI=1S/C21H26N4O2/c1-3-8-24-9-5-10-25-18(14-24)12-17(23-25)13-22-21(26)19-11-16-7-4-6-15(2)20(16)27-19/h4,6-7,11-12H,3,5,8-10,13-14H2,1-2H3,(H,22,26). The third-order valence-corrected chi connectivity index (χ3v) is 5.08. The van der Waals surface area contributed by atoms with Crippen LogP contribution in [0.25, 0.3) is 11.0 Å². The van der Waals surface area contributed by atoms with Gasteiger partial charge in [-0.25, -0.2) is 0 Å². The minimum absolute atomic E-state index is 0.207. The topological polar surface area (TPSA) is 63.3 Å². The van der Waals surface area contributed by atoms with Crippen LogP contribution in [0.1, 0.15) is 47.3 Å². The first-order valence-electron chi connectivity index (χ1n) is 9.69. The fourth-order valence-electron chi connectivity index (χ4n) is 3.76. The first kappa shape index (κ1) is 17.8. The molecule has 142 valence electrons. The van der Waals surface area contributed by atoms with Crippen LogP contribution in [-0.2, 0) is 19.6 Å². The first-order valence-corrected chi connectivity index (χ1v) is 9.69. The van der Waals surface area contributed by atoms with E-state index in [2.05, 4.69) is 33.0 Å². The molecule has 1 N–H and O–H groups in total. The largest absolute Gasteiger partial charge is 0.451 e. The molecule has 0 saturated heterocycles. The molecule has 6 heteroatoms. The van der Waals surface area contributed by atoms with Gasteiger partial charge in [0.15, 0.2) is 5.76 Å². The average molecular weight is 366 g/mol. The molecule has 0 radical (unpaired) electrons. The van der Waals surface area contributed by atoms with Crippen molar-refractivity contribution in [3.63, 3.8) is 0 Å². The van der Waals surface area contributed by atoms with E-state index in [1.54, 1.807) is 6.07 Å². The average Bonchev–Trinajstić information content (AvgIpc) is 3.21. The second kappa shape index (κ2) is 7.56. The van der Waals surface area contributed by atoms with Crippen molar-refractivity contribution in [2.24, 2.45) is 0 Å². The zero-order chi connectivity index (χ0) is 18.8. The molecule has 1 aromatic carbocycles. The summed E-state index contributed by atoms with van der Waals surface area (Å²) >= 11 is 0. The molecule has 0 fully saturated rings. The van der Waals surface area contributed by atoms with Crippen molar-refractivity contribution in [2.75, 3.05) is 13.1 Å². The summed E-state index contributed by atoms with van der Waals surface area (Å²) in [5.74, 6) is 0.135. The molecule has 1 aliphatic heterocycles. The number of rotatable bonds is 5. The van der Waals surface area contributed by atoms with Crippen molar-refractivity contribution in [1.29, 1.82) is 0 Å². The Labute approximate surface area is 159 Å². The van der Waals surface area contributed by atoms with Gasteiger partial charge in [0.1, 0.15) is 5.58 Å². The summed E-state index contributed by atoms with van der Waals surface area (Å²) < 4.78 is 7.83. The summed E-state index contributed by atoms with van der Waals surface area (Å²) in [4.78, 5) is 15.0. The number of carbonyl (C=O) groups is 1. The Hall–Kier alpha value is -2.60. The molecule has 0 spiro atoms. The highest BCUT2D eigenvalue weighted by Gasteiger charge is 2.17. The summed E-state index contributed by atoms with van der Waals surface area (Å²) in [7, 11) is 0. The van der Waals surface area contributed by atoms with Crippen LogP contribution in [0.15, 0.2) is 34.7 Å². The van der Waals surface area contributed by atoms with Crippen LogP contribution in [0.3, 0.4) is 0 Å². The van der Waals surface area contributed by atoms with Crippen molar-refractivity contribution in [3.05, 3.63) is 53.0 Å². The van der Waals surface area contributed by atoms with E-state index in [1.807, 2.05) is 25.1 Å². The number of hydrogen-bond acceptors (Lipinski definition) is 4. The van der Waals surface area contributed by atoms with Gasteiger partial charge in [-0.2, -0.15) is 5.10 Å². The number of fused-ring (bicyclic) bond motifs is 2. The molecule has 4 rings (SSSR count). The molecular weight excluding hydrogens is 340 g/mol. The Kier molecular flexibility index (Phi) is 4.99. The maximum absolute atomic E-state index is 12.5. The van der Waals surface area contributed by atoms with Crippen molar-refractivity contribution in [3.8, 4) is 0 Å². The van der Waals surface area contributed by atoms with Gasteiger partial charge in [0, 0.05) is 25.0 Å². The summed E-state index contributed by atoms with van der Waals surface area (Å²) in [6, 6.07) is 9.80. The van der Waals surface area contributed by atoms with Crippen LogP contribution in [0, 0.1) is 6.92 Å². The van der Waals surface area contributed by atoms with E-state index in [0.717, 1.165) is 61.2 Å². The highest BCUT2D eigenvalue weighted by atomic mass is 16.3. The van der Waals surface area contributed by atoms with Gasteiger partial charge in [-0.05, 0) is 44.0 Å². The highest BCUT2D eigenvalue weighted by Crippen LogP contribution is 2.22. The van der Waals surface area contributed by atoms with E-state index in [4.69, 9.17) is 4.42 Å². The number of aryl methyl sites for hydroxylation is 2. The Morgan fingerprint density at radius 2 is 2.19 bits per heavy atom. The second-order valence-electron chi connectivity index (χ2n) is 7.27. The predicted molar refractivity (Wildman–Crippen MR) is 105 cm³/mol. The van der Waals surface area contributed by atoms with Crippen LogP contribution >= 0.6 is 0 Å². The van der Waals surface area contributed by atoms with Crippen LogP contribution in [-0.4, -0.2) is 33.7 Å². The fourth-order valence-corrected chi connectivity index (χ4v) is 3.76. The van der Waals surface area contributed by atoms with E-state index < -0.39 is 0 Å². The Morgan fingerprint density at radius 3 is 3.00 bits per heavy atom. The summed E-state index contributed by atoms with van der Waals surface area (Å²) in [5.41, 5.74) is 3.92. The fraction of sp³-hybridized carbons (Fsp3) is 0.429. The predicted octanol–water partition coefficient (Wildman–Crippen LogP) is 3.48. The summed E-state index contributed by atoms with van der Waals surface area (Å²) in [6.45, 7) is 8.69. The van der Waals surface area contributed by atoms with Crippen LogP contribution in [0.2, 0.25) is 0 Å². The van der Waals surface area contributed by atoms with Gasteiger partial charge in [0.05, 0.1) is 17.9 Å².